The van der Waals surface area contributed by atoms with Gasteiger partial charge in [-0.25, -0.2) is 4.79 Å². The number of rotatable bonds is 8. The Hall–Kier alpha value is -2.91. The van der Waals surface area contributed by atoms with E-state index in [4.69, 9.17) is 17.3 Å². The number of halogens is 1. The molecule has 0 aromatic carbocycles. The van der Waals surface area contributed by atoms with Gasteiger partial charge in [0, 0.05) is 11.5 Å². The lowest BCUT2D eigenvalue weighted by Crippen LogP contribution is -2.70. The van der Waals surface area contributed by atoms with Crippen molar-refractivity contribution in [2.45, 2.75) is 22.9 Å². The average molecular weight is 499 g/mol. The molecule has 2 aliphatic heterocycles. The lowest BCUT2D eigenvalue weighted by atomic mass is 10.0. The monoisotopic (exact) mass is 498 g/mol. The molecule has 2 aromatic rings. The molecule has 4 heterocycles. The number of alkyl halides is 1. The van der Waals surface area contributed by atoms with E-state index in [0.717, 1.165) is 4.90 Å². The Kier molecular flexibility index (Phi) is 6.21. The standard InChI is InChI=1S/C16H15ClN8O5S2/c17-3-7(26)1-9(27)19-11-14(28)24-12(16(29)30)6(5-32-15(11)24)4-31-10-2-8(18)13-20-22-23-25(13)21-10/h2,11,15H,1,3-5,18H2,(H,19,27)(H,29,30)/t11?,15-/m1/s1. The van der Waals surface area contributed by atoms with Crippen LogP contribution < -0.4 is 11.1 Å². The number of anilines is 1. The maximum atomic E-state index is 12.6. The molecule has 13 nitrogen and oxygen atoms in total. The molecule has 2 aromatic heterocycles. The van der Waals surface area contributed by atoms with E-state index in [1.165, 1.54) is 28.2 Å². The summed E-state index contributed by atoms with van der Waals surface area (Å²) >= 11 is 7.95. The molecule has 2 amide bonds. The third-order valence-corrected chi connectivity index (χ3v) is 7.28. The number of β-lactam (4-membered cyclic amide) rings is 1. The number of tetrazole rings is 1. The van der Waals surface area contributed by atoms with Crippen molar-refractivity contribution in [3.8, 4) is 0 Å². The van der Waals surface area contributed by atoms with Crippen LogP contribution >= 0.6 is 35.1 Å². The van der Waals surface area contributed by atoms with Crippen LogP contribution in [0, 0.1) is 0 Å². The molecule has 4 rings (SSSR count). The van der Waals surface area contributed by atoms with E-state index in [0.29, 0.717) is 27.7 Å². The first-order valence-corrected chi connectivity index (χ1v) is 11.6. The number of fused-ring (bicyclic) bond motifs is 2. The smallest absolute Gasteiger partial charge is 0.352 e. The number of nitrogens with one attached hydrogen (secondary N) is 1. The fourth-order valence-corrected chi connectivity index (χ4v) is 5.70. The third-order valence-electron chi connectivity index (χ3n) is 4.65. The van der Waals surface area contributed by atoms with Gasteiger partial charge in [0.1, 0.15) is 22.1 Å². The van der Waals surface area contributed by atoms with Crippen molar-refractivity contribution in [2.24, 2.45) is 0 Å². The minimum Gasteiger partial charge on any atom is -0.477 e. The number of hydrogen-bond donors (Lipinski definition) is 3. The van der Waals surface area contributed by atoms with Gasteiger partial charge in [0.2, 0.25) is 11.6 Å². The van der Waals surface area contributed by atoms with E-state index in [-0.39, 0.29) is 17.3 Å². The number of carboxylic acids is 1. The van der Waals surface area contributed by atoms with E-state index in [2.05, 4.69) is 25.9 Å². The lowest BCUT2D eigenvalue weighted by Gasteiger charge is -2.49. The maximum Gasteiger partial charge on any atom is 0.352 e. The summed E-state index contributed by atoms with van der Waals surface area (Å²) in [5.74, 6) is -2.62. The van der Waals surface area contributed by atoms with Gasteiger partial charge in [-0.1, -0.05) is 11.8 Å². The maximum absolute atomic E-state index is 12.6. The zero-order valence-electron chi connectivity index (χ0n) is 16.1. The van der Waals surface area contributed by atoms with Gasteiger partial charge in [-0.15, -0.1) is 38.2 Å². The van der Waals surface area contributed by atoms with Crippen molar-refractivity contribution in [3.63, 3.8) is 0 Å². The number of thioether (sulfide) groups is 2. The van der Waals surface area contributed by atoms with Crippen LogP contribution in [0.3, 0.4) is 0 Å². The van der Waals surface area contributed by atoms with Crippen LogP contribution in [-0.4, -0.2) is 87.6 Å². The fourth-order valence-electron chi connectivity index (χ4n) is 3.22. The van der Waals surface area contributed by atoms with Crippen molar-refractivity contribution in [1.82, 2.24) is 35.5 Å². The molecule has 168 valence electrons. The van der Waals surface area contributed by atoms with Gasteiger partial charge in [-0.2, -0.15) is 0 Å². The average Bonchev–Trinajstić information content (AvgIpc) is 3.24. The number of nitrogen functional groups attached to an aromatic ring is 1. The molecule has 1 saturated heterocycles. The van der Waals surface area contributed by atoms with Crippen LogP contribution in [0.4, 0.5) is 5.69 Å². The van der Waals surface area contributed by atoms with Gasteiger partial charge in [0.25, 0.3) is 5.91 Å². The first-order chi connectivity index (χ1) is 15.3. The SMILES string of the molecule is Nc1cc(SCC2=C(C(=O)O)N3C(=O)C(NC(=O)CC(=O)CCl)[C@H]3SC2)nn2nnnc12. The van der Waals surface area contributed by atoms with Crippen molar-refractivity contribution in [3.05, 3.63) is 17.3 Å². The number of ketones is 1. The Bertz CT molecular complexity index is 1170. The zero-order valence-corrected chi connectivity index (χ0v) is 18.5. The number of carboxylic acid groups (broad SMARTS) is 1. The minimum atomic E-state index is -1.25. The number of Topliss-reactive ketones (excluding diaryl/α,β-unsaturated/α-hetero) is 1. The highest BCUT2D eigenvalue weighted by Gasteiger charge is 2.54. The molecule has 0 bridgehead atoms. The summed E-state index contributed by atoms with van der Waals surface area (Å²) < 4.78 is 1.18. The zero-order chi connectivity index (χ0) is 23.0. The number of nitrogens with zero attached hydrogens (tertiary/aromatic N) is 6. The summed E-state index contributed by atoms with van der Waals surface area (Å²) in [6.45, 7) is 0. The second-order valence-corrected chi connectivity index (χ2v) is 9.15. The van der Waals surface area contributed by atoms with Gasteiger partial charge in [-0.05, 0) is 22.1 Å². The van der Waals surface area contributed by atoms with Crippen LogP contribution in [0.1, 0.15) is 6.42 Å². The molecule has 0 aliphatic carbocycles. The predicted octanol–water partition coefficient (Wildman–Crippen LogP) is -0.870. The van der Waals surface area contributed by atoms with E-state index >= 15 is 0 Å². The fraction of sp³-hybridized carbons (Fsp3) is 0.375. The molecule has 16 heteroatoms. The van der Waals surface area contributed by atoms with Crippen molar-refractivity contribution >= 4 is 70.0 Å². The number of carbonyl (C=O) groups excluding carboxylic acids is 3. The largest absolute Gasteiger partial charge is 0.477 e. The Balaban J connectivity index is 1.48. The van der Waals surface area contributed by atoms with Crippen LogP contribution in [0.2, 0.25) is 0 Å². The minimum absolute atomic E-state index is 0.120. The van der Waals surface area contributed by atoms with Gasteiger partial charge in [0.05, 0.1) is 18.0 Å². The number of amides is 2. The summed E-state index contributed by atoms with van der Waals surface area (Å²) in [6, 6.07) is 0.682. The molecule has 2 aliphatic rings. The summed E-state index contributed by atoms with van der Waals surface area (Å²) in [5.41, 5.74) is 6.94. The summed E-state index contributed by atoms with van der Waals surface area (Å²) in [6.07, 6.45) is -0.435. The van der Waals surface area contributed by atoms with Crippen LogP contribution in [0.15, 0.2) is 22.4 Å². The number of aliphatic carboxylic acids is 1. The Morgan fingerprint density at radius 3 is 2.91 bits per heavy atom. The quantitative estimate of drug-likeness (QED) is 0.177. The van der Waals surface area contributed by atoms with E-state index in [1.807, 2.05) is 0 Å². The van der Waals surface area contributed by atoms with Crippen molar-refractivity contribution < 1.29 is 24.3 Å². The third kappa shape index (κ3) is 4.10. The second-order valence-electron chi connectivity index (χ2n) is 6.78. The molecule has 4 N–H and O–H groups in total. The molecular weight excluding hydrogens is 484 g/mol. The Morgan fingerprint density at radius 2 is 2.19 bits per heavy atom. The second kappa shape index (κ2) is 8.91. The Labute approximate surface area is 193 Å². The van der Waals surface area contributed by atoms with Crippen LogP contribution in [-0.2, 0) is 19.2 Å². The van der Waals surface area contributed by atoms with Gasteiger partial charge in [0.15, 0.2) is 5.78 Å². The molecule has 0 spiro atoms. The number of carbonyl (C=O) groups is 4. The van der Waals surface area contributed by atoms with Gasteiger partial charge in [-0.3, -0.25) is 19.3 Å². The first-order valence-electron chi connectivity index (χ1n) is 9.05. The number of nitrogens with two attached hydrogens (primary N) is 1. The van der Waals surface area contributed by atoms with Crippen LogP contribution in [0.25, 0.3) is 5.65 Å². The number of hydrogen-bond acceptors (Lipinski definition) is 11. The molecule has 32 heavy (non-hydrogen) atoms. The van der Waals surface area contributed by atoms with E-state index < -0.39 is 41.4 Å². The molecular formula is C16H15ClN8O5S2. The lowest BCUT2D eigenvalue weighted by molar-refractivity contribution is -0.150. The van der Waals surface area contributed by atoms with E-state index in [9.17, 15) is 24.3 Å². The normalized spacial score (nSPS) is 20.2. The summed E-state index contributed by atoms with van der Waals surface area (Å²) in [5, 5.41) is 27.3. The molecule has 0 saturated carbocycles. The van der Waals surface area contributed by atoms with Crippen LogP contribution in [0.5, 0.6) is 0 Å². The van der Waals surface area contributed by atoms with Gasteiger partial charge < -0.3 is 16.2 Å². The summed E-state index contributed by atoms with van der Waals surface area (Å²) in [4.78, 5) is 49.0. The number of aromatic nitrogens is 5. The molecule has 1 unspecified atom stereocenters. The summed E-state index contributed by atoms with van der Waals surface area (Å²) in [7, 11) is 0. The van der Waals surface area contributed by atoms with Crippen molar-refractivity contribution in [1.29, 1.82) is 0 Å². The van der Waals surface area contributed by atoms with Gasteiger partial charge >= 0.3 is 5.97 Å². The van der Waals surface area contributed by atoms with Crippen molar-refractivity contribution in [2.75, 3.05) is 23.1 Å². The molecule has 2 atom stereocenters. The first kappa shape index (κ1) is 22.3. The molecule has 0 radical (unpaired) electrons. The highest BCUT2D eigenvalue weighted by Crippen LogP contribution is 2.41. The molecule has 1 fully saturated rings. The van der Waals surface area contributed by atoms with E-state index in [1.54, 1.807) is 6.07 Å². The Morgan fingerprint density at radius 1 is 1.41 bits per heavy atom. The highest BCUT2D eigenvalue weighted by atomic mass is 35.5. The highest BCUT2D eigenvalue weighted by molar-refractivity contribution is 8.01. The predicted molar refractivity (Wildman–Crippen MR) is 114 cm³/mol. The topological polar surface area (TPSA) is 186 Å².